The standard InChI is InChI=1S/C25H30N2O6/c1-4-31-23(28)16-15-22(19(2)3)27(25(30)33-18-21-13-9-6-10-14-21)26-24(29)32-17-20-11-7-5-8-12-20/h5-16,19,22H,4,17-18H2,1-3H3,(H,26,29)/b16-15+. The quantitative estimate of drug-likeness (QED) is 0.257. The van der Waals surface area contributed by atoms with Crippen molar-refractivity contribution in [3.63, 3.8) is 0 Å². The maximum absolute atomic E-state index is 12.9. The van der Waals surface area contributed by atoms with Crippen LogP contribution in [0.1, 0.15) is 31.9 Å². The highest BCUT2D eigenvalue weighted by molar-refractivity contribution is 5.82. The molecule has 0 saturated carbocycles. The van der Waals surface area contributed by atoms with Crippen molar-refractivity contribution in [1.82, 2.24) is 10.4 Å². The molecule has 1 unspecified atom stereocenters. The Hall–Kier alpha value is -3.81. The van der Waals surface area contributed by atoms with Gasteiger partial charge in [-0.25, -0.2) is 24.8 Å². The zero-order valence-corrected chi connectivity index (χ0v) is 19.1. The number of hydrogen-bond donors (Lipinski definition) is 1. The van der Waals surface area contributed by atoms with E-state index in [1.807, 2.05) is 74.5 Å². The van der Waals surface area contributed by atoms with Gasteiger partial charge in [-0.15, -0.1) is 0 Å². The molecule has 0 aliphatic heterocycles. The molecule has 0 aliphatic carbocycles. The predicted molar refractivity (Wildman–Crippen MR) is 123 cm³/mol. The molecule has 2 amide bonds. The number of ether oxygens (including phenoxy) is 3. The first-order chi connectivity index (χ1) is 15.9. The van der Waals surface area contributed by atoms with E-state index in [2.05, 4.69) is 5.43 Å². The molecule has 0 bridgehead atoms. The Labute approximate surface area is 194 Å². The number of amides is 2. The summed E-state index contributed by atoms with van der Waals surface area (Å²) in [7, 11) is 0. The van der Waals surface area contributed by atoms with Gasteiger partial charge in [-0.2, -0.15) is 0 Å². The lowest BCUT2D eigenvalue weighted by Gasteiger charge is -2.31. The average Bonchev–Trinajstić information content (AvgIpc) is 2.82. The van der Waals surface area contributed by atoms with Gasteiger partial charge >= 0.3 is 18.2 Å². The van der Waals surface area contributed by atoms with Gasteiger partial charge in [0.2, 0.25) is 0 Å². The second-order valence-corrected chi connectivity index (χ2v) is 7.43. The Morgan fingerprint density at radius 2 is 1.42 bits per heavy atom. The Kier molecular flexibility index (Phi) is 10.5. The minimum absolute atomic E-state index is 0.0172. The van der Waals surface area contributed by atoms with Gasteiger partial charge in [0, 0.05) is 6.08 Å². The average molecular weight is 455 g/mol. The predicted octanol–water partition coefficient (Wildman–Crippen LogP) is 4.61. The molecule has 0 fully saturated rings. The summed E-state index contributed by atoms with van der Waals surface area (Å²) in [6.45, 7) is 5.66. The molecule has 8 heteroatoms. The van der Waals surface area contributed by atoms with Gasteiger partial charge in [-0.05, 0) is 24.0 Å². The smallest absolute Gasteiger partial charge is 0.429 e. The second kappa shape index (κ2) is 13.6. The van der Waals surface area contributed by atoms with Crippen molar-refractivity contribution in [2.24, 2.45) is 5.92 Å². The van der Waals surface area contributed by atoms with Gasteiger partial charge in [-0.1, -0.05) is 80.6 Å². The largest absolute Gasteiger partial charge is 0.463 e. The molecule has 2 aromatic carbocycles. The van der Waals surface area contributed by atoms with Gasteiger partial charge in [0.05, 0.1) is 12.6 Å². The molecule has 0 aliphatic rings. The zero-order valence-electron chi connectivity index (χ0n) is 19.1. The Bertz CT molecular complexity index is 915. The number of nitrogens with zero attached hydrogens (tertiary/aromatic N) is 1. The van der Waals surface area contributed by atoms with Gasteiger partial charge in [0.15, 0.2) is 0 Å². The van der Waals surface area contributed by atoms with Crippen LogP contribution in [0.15, 0.2) is 72.8 Å². The third-order valence-electron chi connectivity index (χ3n) is 4.52. The van der Waals surface area contributed by atoms with Crippen molar-refractivity contribution in [3.8, 4) is 0 Å². The number of carbonyl (C=O) groups is 3. The summed E-state index contributed by atoms with van der Waals surface area (Å²) in [4.78, 5) is 37.2. The van der Waals surface area contributed by atoms with E-state index >= 15 is 0 Å². The second-order valence-electron chi connectivity index (χ2n) is 7.43. The first-order valence-electron chi connectivity index (χ1n) is 10.7. The molecule has 2 aromatic rings. The minimum atomic E-state index is -0.828. The van der Waals surface area contributed by atoms with Crippen molar-refractivity contribution in [3.05, 3.63) is 83.9 Å². The van der Waals surface area contributed by atoms with Crippen molar-refractivity contribution in [1.29, 1.82) is 0 Å². The fraction of sp³-hybridized carbons (Fsp3) is 0.320. The fourth-order valence-electron chi connectivity index (χ4n) is 2.86. The summed E-state index contributed by atoms with van der Waals surface area (Å²) < 4.78 is 15.6. The van der Waals surface area contributed by atoms with E-state index in [0.717, 1.165) is 16.1 Å². The third-order valence-corrected chi connectivity index (χ3v) is 4.52. The van der Waals surface area contributed by atoms with Crippen LogP contribution >= 0.6 is 0 Å². The monoisotopic (exact) mass is 454 g/mol. The van der Waals surface area contributed by atoms with Crippen LogP contribution in [0.4, 0.5) is 9.59 Å². The summed E-state index contributed by atoms with van der Waals surface area (Å²) in [6, 6.07) is 17.6. The van der Waals surface area contributed by atoms with Crippen LogP contribution in [0.2, 0.25) is 0 Å². The molecule has 8 nitrogen and oxygen atoms in total. The van der Waals surface area contributed by atoms with E-state index in [-0.39, 0.29) is 25.7 Å². The van der Waals surface area contributed by atoms with Crippen molar-refractivity contribution < 1.29 is 28.6 Å². The van der Waals surface area contributed by atoms with E-state index in [1.165, 1.54) is 12.2 Å². The molecule has 2 rings (SSSR count). The molecule has 0 radical (unpaired) electrons. The van der Waals surface area contributed by atoms with Crippen LogP contribution in [-0.4, -0.2) is 35.8 Å². The van der Waals surface area contributed by atoms with Gasteiger partial charge in [0.1, 0.15) is 13.2 Å². The van der Waals surface area contributed by atoms with Crippen molar-refractivity contribution in [2.75, 3.05) is 6.61 Å². The van der Waals surface area contributed by atoms with Gasteiger partial charge in [-0.3, -0.25) is 0 Å². The number of nitrogens with one attached hydrogen (secondary N) is 1. The van der Waals surface area contributed by atoms with Crippen LogP contribution in [0.25, 0.3) is 0 Å². The number of rotatable bonds is 9. The molecule has 1 N–H and O–H groups in total. The van der Waals surface area contributed by atoms with Crippen LogP contribution in [-0.2, 0) is 32.2 Å². The summed E-state index contributed by atoms with van der Waals surface area (Å²) >= 11 is 0. The lowest BCUT2D eigenvalue weighted by atomic mass is 10.0. The summed E-state index contributed by atoms with van der Waals surface area (Å²) in [5.41, 5.74) is 4.05. The first kappa shape index (κ1) is 25.5. The SMILES string of the molecule is CCOC(=O)/C=C/C(C(C)C)N(NC(=O)OCc1ccccc1)C(=O)OCc1ccccc1. The Morgan fingerprint density at radius 3 is 1.94 bits per heavy atom. The molecule has 0 aromatic heterocycles. The topological polar surface area (TPSA) is 94.2 Å². The normalized spacial score (nSPS) is 11.6. The lowest BCUT2D eigenvalue weighted by Crippen LogP contribution is -2.53. The van der Waals surface area contributed by atoms with E-state index in [1.54, 1.807) is 6.92 Å². The molecule has 0 saturated heterocycles. The van der Waals surface area contributed by atoms with E-state index < -0.39 is 24.2 Å². The molecule has 1 atom stereocenters. The highest BCUT2D eigenvalue weighted by atomic mass is 16.6. The molecule has 0 spiro atoms. The number of benzene rings is 2. The number of hydrogen-bond acceptors (Lipinski definition) is 6. The van der Waals surface area contributed by atoms with Gasteiger partial charge in [0.25, 0.3) is 0 Å². The van der Waals surface area contributed by atoms with Crippen LogP contribution in [0.3, 0.4) is 0 Å². The highest BCUT2D eigenvalue weighted by Crippen LogP contribution is 2.14. The Morgan fingerprint density at radius 1 is 0.879 bits per heavy atom. The van der Waals surface area contributed by atoms with Crippen LogP contribution in [0, 0.1) is 5.92 Å². The molecule has 176 valence electrons. The molecular formula is C25H30N2O6. The van der Waals surface area contributed by atoms with Crippen LogP contribution in [0.5, 0.6) is 0 Å². The van der Waals surface area contributed by atoms with Crippen molar-refractivity contribution >= 4 is 18.2 Å². The van der Waals surface area contributed by atoms with Crippen LogP contribution < -0.4 is 5.43 Å². The summed E-state index contributed by atoms with van der Waals surface area (Å²) in [5, 5.41) is 1.02. The summed E-state index contributed by atoms with van der Waals surface area (Å²) in [5.74, 6) is -0.721. The molecular weight excluding hydrogens is 424 g/mol. The summed E-state index contributed by atoms with van der Waals surface area (Å²) in [6.07, 6.45) is 1.10. The number of hydrazine groups is 1. The highest BCUT2D eigenvalue weighted by Gasteiger charge is 2.28. The Balaban J connectivity index is 2.14. The number of esters is 1. The lowest BCUT2D eigenvalue weighted by molar-refractivity contribution is -0.137. The number of carbonyl (C=O) groups excluding carboxylic acids is 3. The van der Waals surface area contributed by atoms with E-state index in [4.69, 9.17) is 14.2 Å². The zero-order chi connectivity index (χ0) is 24.1. The maximum Gasteiger partial charge on any atom is 0.429 e. The third kappa shape index (κ3) is 9.06. The van der Waals surface area contributed by atoms with E-state index in [0.29, 0.717) is 0 Å². The molecule has 0 heterocycles. The van der Waals surface area contributed by atoms with Crippen molar-refractivity contribution in [2.45, 2.75) is 40.0 Å². The van der Waals surface area contributed by atoms with E-state index in [9.17, 15) is 14.4 Å². The fourth-order valence-corrected chi connectivity index (χ4v) is 2.86. The first-order valence-corrected chi connectivity index (χ1v) is 10.7. The minimum Gasteiger partial charge on any atom is -0.463 e. The molecule has 33 heavy (non-hydrogen) atoms. The maximum atomic E-state index is 12.9. The van der Waals surface area contributed by atoms with Gasteiger partial charge < -0.3 is 14.2 Å².